The van der Waals surface area contributed by atoms with Crippen molar-refractivity contribution in [3.8, 4) is 11.3 Å². The standard InChI is InChI=1S/C14H17N3O/c1-9-4-5-11(6-10(9)2)13-7-12(8-15)14(18)17(3)16-13/h4-7H,8,15H2,1-3H3. The second kappa shape index (κ2) is 4.74. The molecule has 0 bridgehead atoms. The topological polar surface area (TPSA) is 60.9 Å². The highest BCUT2D eigenvalue weighted by Gasteiger charge is 2.07. The molecule has 0 aliphatic heterocycles. The van der Waals surface area contributed by atoms with Crippen molar-refractivity contribution < 1.29 is 0 Å². The van der Waals surface area contributed by atoms with E-state index >= 15 is 0 Å². The average molecular weight is 243 g/mol. The Morgan fingerprint density at radius 1 is 1.22 bits per heavy atom. The van der Waals surface area contributed by atoms with Crippen LogP contribution in [-0.2, 0) is 13.6 Å². The molecule has 0 amide bonds. The van der Waals surface area contributed by atoms with Crippen LogP contribution in [0, 0.1) is 13.8 Å². The predicted molar refractivity (Wildman–Crippen MR) is 72.3 cm³/mol. The fourth-order valence-electron chi connectivity index (χ4n) is 1.86. The summed E-state index contributed by atoms with van der Waals surface area (Å²) in [6.45, 7) is 4.36. The molecular formula is C14H17N3O. The summed E-state index contributed by atoms with van der Waals surface area (Å²) in [4.78, 5) is 11.7. The molecule has 2 rings (SSSR count). The lowest BCUT2D eigenvalue weighted by molar-refractivity contribution is 0.697. The maximum absolute atomic E-state index is 11.7. The van der Waals surface area contributed by atoms with Crippen LogP contribution in [-0.4, -0.2) is 9.78 Å². The van der Waals surface area contributed by atoms with Crippen LogP contribution < -0.4 is 11.3 Å². The molecule has 0 fully saturated rings. The Kier molecular flexibility index (Phi) is 3.30. The molecule has 2 N–H and O–H groups in total. The Hall–Kier alpha value is -1.94. The van der Waals surface area contributed by atoms with Crippen LogP contribution in [0.4, 0.5) is 0 Å². The van der Waals surface area contributed by atoms with Gasteiger partial charge in [-0.2, -0.15) is 5.10 Å². The summed E-state index contributed by atoms with van der Waals surface area (Å²) >= 11 is 0. The van der Waals surface area contributed by atoms with Crippen molar-refractivity contribution in [3.05, 3.63) is 51.3 Å². The zero-order valence-electron chi connectivity index (χ0n) is 10.9. The molecule has 1 heterocycles. The third kappa shape index (κ3) is 2.19. The third-order valence-corrected chi connectivity index (χ3v) is 3.16. The summed E-state index contributed by atoms with van der Waals surface area (Å²) in [5.74, 6) is 0. The quantitative estimate of drug-likeness (QED) is 0.870. The highest BCUT2D eigenvalue weighted by Crippen LogP contribution is 2.19. The van der Waals surface area contributed by atoms with Gasteiger partial charge in [-0.1, -0.05) is 12.1 Å². The van der Waals surface area contributed by atoms with Crippen LogP contribution in [0.3, 0.4) is 0 Å². The molecule has 18 heavy (non-hydrogen) atoms. The summed E-state index contributed by atoms with van der Waals surface area (Å²) in [5.41, 5.74) is 10.3. The summed E-state index contributed by atoms with van der Waals surface area (Å²) in [6, 6.07) is 7.91. The van der Waals surface area contributed by atoms with Gasteiger partial charge in [-0.25, -0.2) is 4.68 Å². The second-order valence-corrected chi connectivity index (χ2v) is 4.49. The lowest BCUT2D eigenvalue weighted by atomic mass is 10.0. The fourth-order valence-corrected chi connectivity index (χ4v) is 1.86. The Morgan fingerprint density at radius 2 is 1.94 bits per heavy atom. The van der Waals surface area contributed by atoms with E-state index in [0.29, 0.717) is 5.56 Å². The minimum Gasteiger partial charge on any atom is -0.326 e. The van der Waals surface area contributed by atoms with Crippen molar-refractivity contribution in [2.75, 3.05) is 0 Å². The van der Waals surface area contributed by atoms with Gasteiger partial charge in [0.15, 0.2) is 0 Å². The zero-order chi connectivity index (χ0) is 13.3. The number of rotatable bonds is 2. The maximum Gasteiger partial charge on any atom is 0.271 e. The third-order valence-electron chi connectivity index (χ3n) is 3.16. The van der Waals surface area contributed by atoms with E-state index in [2.05, 4.69) is 31.1 Å². The molecule has 0 unspecified atom stereocenters. The van der Waals surface area contributed by atoms with Crippen LogP contribution in [0.5, 0.6) is 0 Å². The van der Waals surface area contributed by atoms with Crippen LogP contribution in [0.15, 0.2) is 29.1 Å². The summed E-state index contributed by atoms with van der Waals surface area (Å²) in [6.07, 6.45) is 0. The van der Waals surface area contributed by atoms with Gasteiger partial charge in [0.2, 0.25) is 0 Å². The number of aryl methyl sites for hydroxylation is 3. The van der Waals surface area contributed by atoms with Crippen LogP contribution >= 0.6 is 0 Å². The van der Waals surface area contributed by atoms with E-state index in [-0.39, 0.29) is 12.1 Å². The van der Waals surface area contributed by atoms with Crippen molar-refractivity contribution in [2.45, 2.75) is 20.4 Å². The van der Waals surface area contributed by atoms with E-state index in [4.69, 9.17) is 5.73 Å². The van der Waals surface area contributed by atoms with E-state index in [1.807, 2.05) is 6.07 Å². The molecule has 0 aliphatic carbocycles. The minimum atomic E-state index is -0.134. The van der Waals surface area contributed by atoms with Gasteiger partial charge in [0.25, 0.3) is 5.56 Å². The van der Waals surface area contributed by atoms with E-state index in [9.17, 15) is 4.79 Å². The highest BCUT2D eigenvalue weighted by atomic mass is 16.1. The average Bonchev–Trinajstić information content (AvgIpc) is 2.36. The summed E-state index contributed by atoms with van der Waals surface area (Å²) in [5, 5.41) is 4.27. The maximum atomic E-state index is 11.7. The first-order valence-electron chi connectivity index (χ1n) is 5.88. The largest absolute Gasteiger partial charge is 0.326 e. The van der Waals surface area contributed by atoms with E-state index in [1.165, 1.54) is 15.8 Å². The molecule has 0 spiro atoms. The Bertz CT molecular complexity index is 644. The number of hydrogen-bond donors (Lipinski definition) is 1. The van der Waals surface area contributed by atoms with Crippen molar-refractivity contribution in [2.24, 2.45) is 12.8 Å². The predicted octanol–water partition coefficient (Wildman–Crippen LogP) is 1.52. The second-order valence-electron chi connectivity index (χ2n) is 4.49. The van der Waals surface area contributed by atoms with Gasteiger partial charge >= 0.3 is 0 Å². The van der Waals surface area contributed by atoms with Crippen molar-refractivity contribution in [1.82, 2.24) is 9.78 Å². The first-order chi connectivity index (χ1) is 8.52. The molecule has 94 valence electrons. The number of benzene rings is 1. The van der Waals surface area contributed by atoms with Gasteiger partial charge in [-0.15, -0.1) is 0 Å². The summed E-state index contributed by atoms with van der Waals surface area (Å²) in [7, 11) is 1.64. The molecule has 1 aromatic carbocycles. The van der Waals surface area contributed by atoms with Crippen LogP contribution in [0.2, 0.25) is 0 Å². The van der Waals surface area contributed by atoms with Gasteiger partial charge in [-0.05, 0) is 37.1 Å². The molecule has 0 radical (unpaired) electrons. The monoisotopic (exact) mass is 243 g/mol. The van der Waals surface area contributed by atoms with Gasteiger partial charge in [0.1, 0.15) is 0 Å². The fraction of sp³-hybridized carbons (Fsp3) is 0.286. The summed E-state index contributed by atoms with van der Waals surface area (Å²) < 4.78 is 1.34. The van der Waals surface area contributed by atoms with Crippen molar-refractivity contribution in [3.63, 3.8) is 0 Å². The Labute approximate surface area is 106 Å². The van der Waals surface area contributed by atoms with Gasteiger partial charge in [-0.3, -0.25) is 4.79 Å². The molecule has 0 aliphatic rings. The van der Waals surface area contributed by atoms with Crippen LogP contribution in [0.1, 0.15) is 16.7 Å². The van der Waals surface area contributed by atoms with E-state index in [0.717, 1.165) is 11.3 Å². The molecule has 4 heteroatoms. The van der Waals surface area contributed by atoms with Crippen molar-refractivity contribution in [1.29, 1.82) is 0 Å². The Morgan fingerprint density at radius 3 is 2.56 bits per heavy atom. The normalized spacial score (nSPS) is 10.7. The van der Waals surface area contributed by atoms with E-state index in [1.54, 1.807) is 13.1 Å². The molecular weight excluding hydrogens is 226 g/mol. The van der Waals surface area contributed by atoms with Gasteiger partial charge in [0, 0.05) is 24.7 Å². The number of hydrogen-bond acceptors (Lipinski definition) is 3. The molecule has 0 saturated carbocycles. The number of nitrogens with two attached hydrogens (primary N) is 1. The SMILES string of the molecule is Cc1ccc(-c2cc(CN)c(=O)n(C)n2)cc1C. The number of nitrogens with zero attached hydrogens (tertiary/aromatic N) is 2. The highest BCUT2D eigenvalue weighted by molar-refractivity contribution is 5.61. The molecule has 0 saturated heterocycles. The smallest absolute Gasteiger partial charge is 0.271 e. The lowest BCUT2D eigenvalue weighted by Gasteiger charge is -2.08. The van der Waals surface area contributed by atoms with E-state index < -0.39 is 0 Å². The molecule has 4 nitrogen and oxygen atoms in total. The molecule has 1 aromatic heterocycles. The van der Waals surface area contributed by atoms with Gasteiger partial charge in [0.05, 0.1) is 5.69 Å². The molecule has 0 atom stereocenters. The van der Waals surface area contributed by atoms with Crippen LogP contribution in [0.25, 0.3) is 11.3 Å². The minimum absolute atomic E-state index is 0.134. The first-order valence-corrected chi connectivity index (χ1v) is 5.88. The first kappa shape index (κ1) is 12.5. The zero-order valence-corrected chi connectivity index (χ0v) is 10.9. The van der Waals surface area contributed by atoms with Crippen molar-refractivity contribution >= 4 is 0 Å². The van der Waals surface area contributed by atoms with Gasteiger partial charge < -0.3 is 5.73 Å². The number of aromatic nitrogens is 2. The lowest BCUT2D eigenvalue weighted by Crippen LogP contribution is -2.25. The Balaban J connectivity index is 2.60. The molecule has 2 aromatic rings.